The minimum absolute atomic E-state index is 0.0717. The molecule has 0 saturated carbocycles. The molecule has 0 amide bonds. The summed E-state index contributed by atoms with van der Waals surface area (Å²) >= 11 is 0. The summed E-state index contributed by atoms with van der Waals surface area (Å²) in [5.41, 5.74) is -0.771. The van der Waals surface area contributed by atoms with Gasteiger partial charge in [-0.15, -0.1) is 0 Å². The van der Waals surface area contributed by atoms with E-state index in [0.29, 0.717) is 27.6 Å². The van der Waals surface area contributed by atoms with Crippen molar-refractivity contribution in [3.8, 4) is 22.9 Å². The number of hydrogen-bond acceptors (Lipinski definition) is 6. The summed E-state index contributed by atoms with van der Waals surface area (Å²) < 4.78 is 50.6. The first-order valence-corrected chi connectivity index (χ1v) is 11.9. The summed E-state index contributed by atoms with van der Waals surface area (Å²) in [4.78, 5) is 25.3. The van der Waals surface area contributed by atoms with Crippen molar-refractivity contribution >= 4 is 16.7 Å². The van der Waals surface area contributed by atoms with Crippen molar-refractivity contribution < 1.29 is 27.4 Å². The summed E-state index contributed by atoms with van der Waals surface area (Å²) in [6.45, 7) is 1.08. The Morgan fingerprint density at radius 1 is 1.00 bits per heavy atom. The minimum atomic E-state index is -5.20. The number of methoxy groups -OCH3 is 1. The van der Waals surface area contributed by atoms with Crippen molar-refractivity contribution in [2.45, 2.75) is 25.4 Å². The monoisotopic (exact) mass is 535 g/mol. The normalized spacial score (nSPS) is 12.9. The predicted octanol–water partition coefficient (Wildman–Crippen LogP) is 5.12. The molecule has 4 aromatic rings. The van der Waals surface area contributed by atoms with Crippen LogP contribution in [0.1, 0.15) is 18.2 Å². The van der Waals surface area contributed by atoms with Gasteiger partial charge in [-0.3, -0.25) is 14.7 Å². The van der Waals surface area contributed by atoms with Gasteiger partial charge in [0.1, 0.15) is 17.5 Å². The number of carbonyl (C=O) groups excluding carboxylic acids is 1. The van der Waals surface area contributed by atoms with Gasteiger partial charge in [0.15, 0.2) is 5.72 Å². The first-order valence-electron chi connectivity index (χ1n) is 11.9. The van der Waals surface area contributed by atoms with Gasteiger partial charge in [-0.05, 0) is 30.7 Å². The van der Waals surface area contributed by atoms with Crippen molar-refractivity contribution in [3.63, 3.8) is 0 Å². The maximum atomic E-state index is 13.5. The van der Waals surface area contributed by atoms with Crippen LogP contribution in [0.4, 0.5) is 13.2 Å². The molecule has 200 valence electrons. The van der Waals surface area contributed by atoms with Gasteiger partial charge in [0, 0.05) is 35.0 Å². The number of carbonyl (C=O) groups is 1. The fraction of sp³-hybridized carbons (Fsp3) is 0.207. The SMILES string of the molecule is COc1ccc2c(=O)n(CCN[C@@](C)(OC(=O)C(F)(F)F)c3ccccc3)c(C#N)c(-c3ccccc3)c2c1. The lowest BCUT2D eigenvalue weighted by atomic mass is 9.97. The average molecular weight is 536 g/mol. The molecule has 39 heavy (non-hydrogen) atoms. The number of esters is 1. The molecule has 1 N–H and O–H groups in total. The molecule has 4 rings (SSSR count). The molecule has 0 radical (unpaired) electrons. The Balaban J connectivity index is 1.77. The molecule has 1 heterocycles. The highest BCUT2D eigenvalue weighted by Gasteiger charge is 2.45. The number of halogens is 3. The summed E-state index contributed by atoms with van der Waals surface area (Å²) in [7, 11) is 1.50. The number of nitrogens with one attached hydrogen (secondary N) is 1. The Morgan fingerprint density at radius 3 is 2.23 bits per heavy atom. The van der Waals surface area contributed by atoms with E-state index >= 15 is 0 Å². The van der Waals surface area contributed by atoms with Gasteiger partial charge in [0.25, 0.3) is 5.56 Å². The van der Waals surface area contributed by atoms with Crippen LogP contribution in [-0.4, -0.2) is 30.4 Å². The van der Waals surface area contributed by atoms with Crippen LogP contribution in [0.2, 0.25) is 0 Å². The second-order valence-electron chi connectivity index (χ2n) is 8.78. The van der Waals surface area contributed by atoms with Gasteiger partial charge >= 0.3 is 12.1 Å². The van der Waals surface area contributed by atoms with Crippen LogP contribution < -0.4 is 15.6 Å². The molecule has 0 aliphatic rings. The number of hydrogen-bond donors (Lipinski definition) is 1. The highest BCUT2D eigenvalue weighted by Crippen LogP contribution is 2.33. The number of alkyl halides is 3. The summed E-state index contributed by atoms with van der Waals surface area (Å²) in [6.07, 6.45) is -5.20. The molecule has 0 aliphatic heterocycles. The molecular formula is C29H24F3N3O4. The first-order chi connectivity index (χ1) is 18.6. The third-order valence-electron chi connectivity index (χ3n) is 6.30. The molecule has 10 heteroatoms. The van der Waals surface area contributed by atoms with E-state index in [2.05, 4.69) is 11.4 Å². The molecule has 3 aromatic carbocycles. The maximum Gasteiger partial charge on any atom is 0.491 e. The van der Waals surface area contributed by atoms with Gasteiger partial charge in [-0.1, -0.05) is 60.7 Å². The van der Waals surface area contributed by atoms with Crippen molar-refractivity contribution in [1.29, 1.82) is 5.26 Å². The quantitative estimate of drug-likeness (QED) is 0.249. The maximum absolute atomic E-state index is 13.5. The molecule has 0 aliphatic carbocycles. The highest BCUT2D eigenvalue weighted by atomic mass is 19.4. The Labute approximate surface area is 222 Å². The van der Waals surface area contributed by atoms with Crippen LogP contribution in [0.5, 0.6) is 5.75 Å². The number of ether oxygens (including phenoxy) is 2. The number of aromatic nitrogens is 1. The fourth-order valence-electron chi connectivity index (χ4n) is 4.38. The number of rotatable bonds is 8. The number of benzene rings is 3. The average Bonchev–Trinajstić information content (AvgIpc) is 2.94. The second-order valence-corrected chi connectivity index (χ2v) is 8.78. The van der Waals surface area contributed by atoms with Gasteiger partial charge in [0.05, 0.1) is 7.11 Å². The molecule has 1 aromatic heterocycles. The number of pyridine rings is 1. The lowest BCUT2D eigenvalue weighted by Gasteiger charge is -2.31. The largest absolute Gasteiger partial charge is 0.497 e. The topological polar surface area (TPSA) is 93.3 Å². The van der Waals surface area contributed by atoms with Gasteiger partial charge in [-0.2, -0.15) is 18.4 Å². The Bertz CT molecular complexity index is 1600. The lowest BCUT2D eigenvalue weighted by Crippen LogP contribution is -2.47. The Hall–Kier alpha value is -4.62. The van der Waals surface area contributed by atoms with Crippen molar-refractivity contribution in [3.05, 3.63) is 100 Å². The first kappa shape index (κ1) is 27.4. The van der Waals surface area contributed by atoms with E-state index in [1.54, 1.807) is 48.5 Å². The molecule has 0 saturated heterocycles. The summed E-state index contributed by atoms with van der Waals surface area (Å²) in [5.74, 6) is -1.85. The fourth-order valence-corrected chi connectivity index (χ4v) is 4.38. The van der Waals surface area contributed by atoms with Crippen molar-refractivity contribution in [1.82, 2.24) is 9.88 Å². The van der Waals surface area contributed by atoms with E-state index in [1.165, 1.54) is 30.7 Å². The zero-order valence-corrected chi connectivity index (χ0v) is 21.1. The number of nitrogens with zero attached hydrogens (tertiary/aromatic N) is 2. The molecule has 0 spiro atoms. The molecule has 0 bridgehead atoms. The third-order valence-corrected chi connectivity index (χ3v) is 6.30. The van der Waals surface area contributed by atoms with Crippen molar-refractivity contribution in [2.24, 2.45) is 0 Å². The van der Waals surface area contributed by atoms with Crippen molar-refractivity contribution in [2.75, 3.05) is 13.7 Å². The van der Waals surface area contributed by atoms with E-state index in [-0.39, 0.29) is 24.3 Å². The summed E-state index contributed by atoms with van der Waals surface area (Å²) in [6, 6.07) is 24.0. The molecule has 0 unspecified atom stereocenters. The van der Waals surface area contributed by atoms with E-state index in [9.17, 15) is 28.0 Å². The van der Waals surface area contributed by atoms with Gasteiger partial charge in [0.2, 0.25) is 0 Å². The van der Waals surface area contributed by atoms with E-state index in [1.807, 2.05) is 18.2 Å². The van der Waals surface area contributed by atoms with Crippen LogP contribution in [0.25, 0.3) is 21.9 Å². The van der Waals surface area contributed by atoms with Crippen LogP contribution in [0.3, 0.4) is 0 Å². The van der Waals surface area contributed by atoms with Crippen LogP contribution in [0.15, 0.2) is 83.7 Å². The standard InChI is InChI=1S/C29H24F3N3O4/c1-28(20-11-7-4-8-12-20,39-27(37)29(30,31)32)34-15-16-35-24(18-33)25(19-9-5-3-6-10-19)23-17-21(38-2)13-14-22(23)26(35)36/h3-14,17,34H,15-16H2,1-2H3/t28-/m0/s1. The highest BCUT2D eigenvalue weighted by molar-refractivity contribution is 5.99. The molecule has 1 atom stereocenters. The molecule has 0 fully saturated rings. The van der Waals surface area contributed by atoms with Crippen LogP contribution in [-0.2, 0) is 21.8 Å². The Morgan fingerprint density at radius 2 is 1.64 bits per heavy atom. The minimum Gasteiger partial charge on any atom is -0.497 e. The Kier molecular flexibility index (Phi) is 7.74. The lowest BCUT2D eigenvalue weighted by molar-refractivity contribution is -0.217. The zero-order chi connectivity index (χ0) is 28.2. The third kappa shape index (κ3) is 5.63. The smallest absolute Gasteiger partial charge is 0.491 e. The number of nitriles is 1. The molecular weight excluding hydrogens is 511 g/mol. The van der Waals surface area contributed by atoms with Crippen LogP contribution in [0, 0.1) is 11.3 Å². The number of fused-ring (bicyclic) bond motifs is 1. The van der Waals surface area contributed by atoms with E-state index < -0.39 is 23.4 Å². The second kappa shape index (κ2) is 11.0. The predicted molar refractivity (Wildman–Crippen MR) is 139 cm³/mol. The summed E-state index contributed by atoms with van der Waals surface area (Å²) in [5, 5.41) is 13.9. The zero-order valence-electron chi connectivity index (χ0n) is 21.1. The van der Waals surface area contributed by atoms with Gasteiger partial charge < -0.3 is 9.47 Å². The van der Waals surface area contributed by atoms with Crippen LogP contribution >= 0.6 is 0 Å². The van der Waals surface area contributed by atoms with E-state index in [4.69, 9.17) is 9.47 Å². The molecule has 7 nitrogen and oxygen atoms in total. The van der Waals surface area contributed by atoms with E-state index in [0.717, 1.165) is 0 Å². The van der Waals surface area contributed by atoms with Gasteiger partial charge in [-0.25, -0.2) is 4.79 Å².